The molecule has 1 saturated heterocycles. The maximum Gasteiger partial charge on any atom is 0.141 e. The molecule has 0 radical (unpaired) electrons. The van der Waals surface area contributed by atoms with Crippen LogP contribution in [0.3, 0.4) is 0 Å². The van der Waals surface area contributed by atoms with Crippen molar-refractivity contribution >= 4 is 27.4 Å². The van der Waals surface area contributed by atoms with Gasteiger partial charge in [-0.1, -0.05) is 36.8 Å². The van der Waals surface area contributed by atoms with Crippen LogP contribution in [0.1, 0.15) is 41.1 Å². The first-order valence-corrected chi connectivity index (χ1v) is 12.4. The molecule has 2 aliphatic rings. The molecule has 0 spiro atoms. The van der Waals surface area contributed by atoms with Gasteiger partial charge in [0, 0.05) is 51.1 Å². The molecule has 1 aliphatic carbocycles. The number of methoxy groups -OCH3 is 1. The molecule has 3 aromatic rings. The molecular formula is C25H32N4OS. The summed E-state index contributed by atoms with van der Waals surface area (Å²) in [6, 6.07) is 10.6. The number of fused-ring (bicyclic) bond motifs is 3. The van der Waals surface area contributed by atoms with Crippen molar-refractivity contribution in [1.82, 2.24) is 14.9 Å². The van der Waals surface area contributed by atoms with Crippen molar-refractivity contribution in [2.45, 2.75) is 38.5 Å². The van der Waals surface area contributed by atoms with E-state index in [1.165, 1.54) is 53.7 Å². The van der Waals surface area contributed by atoms with Crippen LogP contribution in [0.2, 0.25) is 0 Å². The summed E-state index contributed by atoms with van der Waals surface area (Å²) in [5, 5.41) is 1.35. The van der Waals surface area contributed by atoms with Gasteiger partial charge in [0.15, 0.2) is 0 Å². The molecule has 1 aliphatic heterocycles. The number of ether oxygens (including phenoxy) is 1. The number of hydrogen-bond donors (Lipinski definition) is 0. The van der Waals surface area contributed by atoms with Crippen molar-refractivity contribution < 1.29 is 4.74 Å². The van der Waals surface area contributed by atoms with Crippen LogP contribution in [0.25, 0.3) is 10.2 Å². The van der Waals surface area contributed by atoms with E-state index in [9.17, 15) is 0 Å². The third kappa shape index (κ3) is 4.61. The number of anilines is 1. The van der Waals surface area contributed by atoms with Gasteiger partial charge in [-0.05, 0) is 36.8 Å². The standard InChI is InChI=1S/C25H32N4OS/c1-30-17-16-28-12-14-29(15-13-28)24-23-20-10-6-3-7-11-21(20)31-25(23)27-22(26-24)18-19-8-4-2-5-9-19/h2,4-5,8-9H,3,6-7,10-18H2,1H3. The lowest BCUT2D eigenvalue weighted by Gasteiger charge is -2.35. The number of aromatic nitrogens is 2. The number of nitrogens with zero attached hydrogens (tertiary/aromatic N) is 4. The van der Waals surface area contributed by atoms with Gasteiger partial charge in [-0.25, -0.2) is 9.97 Å². The lowest BCUT2D eigenvalue weighted by Crippen LogP contribution is -2.47. The van der Waals surface area contributed by atoms with Crippen LogP contribution in [0, 0.1) is 0 Å². The Morgan fingerprint density at radius 2 is 1.77 bits per heavy atom. The third-order valence-electron chi connectivity index (χ3n) is 6.58. The van der Waals surface area contributed by atoms with Crippen LogP contribution < -0.4 is 4.90 Å². The Bertz CT molecular complexity index is 1010. The molecule has 2 aromatic heterocycles. The average molecular weight is 437 g/mol. The van der Waals surface area contributed by atoms with Crippen molar-refractivity contribution in [3.8, 4) is 0 Å². The predicted molar refractivity (Wildman–Crippen MR) is 128 cm³/mol. The van der Waals surface area contributed by atoms with Crippen molar-refractivity contribution in [1.29, 1.82) is 0 Å². The SMILES string of the molecule is COCCN1CCN(c2nc(Cc3ccccc3)nc3sc4c(c23)CCCCC4)CC1. The summed E-state index contributed by atoms with van der Waals surface area (Å²) in [5.74, 6) is 2.13. The Balaban J connectivity index is 1.50. The van der Waals surface area contributed by atoms with E-state index < -0.39 is 0 Å². The molecule has 0 unspecified atom stereocenters. The second-order valence-corrected chi connectivity index (χ2v) is 9.78. The second kappa shape index (κ2) is 9.63. The van der Waals surface area contributed by atoms with Crippen molar-refractivity contribution in [3.05, 3.63) is 52.2 Å². The molecule has 164 valence electrons. The summed E-state index contributed by atoms with van der Waals surface area (Å²) in [4.78, 5) is 18.0. The molecule has 0 amide bonds. The van der Waals surface area contributed by atoms with Crippen LogP contribution in [-0.2, 0) is 24.0 Å². The maximum atomic E-state index is 5.28. The van der Waals surface area contributed by atoms with Gasteiger partial charge in [-0.2, -0.15) is 0 Å². The number of hydrogen-bond acceptors (Lipinski definition) is 6. The molecule has 3 heterocycles. The van der Waals surface area contributed by atoms with Crippen LogP contribution >= 0.6 is 11.3 Å². The van der Waals surface area contributed by atoms with E-state index >= 15 is 0 Å². The van der Waals surface area contributed by atoms with Crippen molar-refractivity contribution in [2.75, 3.05) is 51.3 Å². The van der Waals surface area contributed by atoms with Crippen molar-refractivity contribution in [3.63, 3.8) is 0 Å². The molecular weight excluding hydrogens is 404 g/mol. The lowest BCUT2D eigenvalue weighted by molar-refractivity contribution is 0.144. The predicted octanol–water partition coefficient (Wildman–Crippen LogP) is 4.32. The van der Waals surface area contributed by atoms with Crippen LogP contribution in [0.4, 0.5) is 5.82 Å². The number of benzene rings is 1. The molecule has 6 heteroatoms. The Morgan fingerprint density at radius 1 is 0.968 bits per heavy atom. The van der Waals surface area contributed by atoms with Crippen molar-refractivity contribution in [2.24, 2.45) is 0 Å². The van der Waals surface area contributed by atoms with Gasteiger partial charge in [0.2, 0.25) is 0 Å². The molecule has 0 saturated carbocycles. The van der Waals surface area contributed by atoms with E-state index in [0.29, 0.717) is 0 Å². The fraction of sp³-hybridized carbons (Fsp3) is 0.520. The summed E-state index contributed by atoms with van der Waals surface area (Å²) < 4.78 is 5.28. The molecule has 0 bridgehead atoms. The molecule has 31 heavy (non-hydrogen) atoms. The van der Waals surface area contributed by atoms with Gasteiger partial charge >= 0.3 is 0 Å². The van der Waals surface area contributed by atoms with Crippen LogP contribution in [-0.4, -0.2) is 61.3 Å². The molecule has 1 fully saturated rings. The highest BCUT2D eigenvalue weighted by Gasteiger charge is 2.25. The zero-order valence-corrected chi connectivity index (χ0v) is 19.3. The second-order valence-electron chi connectivity index (χ2n) is 8.69. The summed E-state index contributed by atoms with van der Waals surface area (Å²) in [6.45, 7) is 5.98. The first-order valence-electron chi connectivity index (χ1n) is 11.6. The number of thiophene rings is 1. The summed E-state index contributed by atoms with van der Waals surface area (Å²) in [7, 11) is 1.78. The fourth-order valence-corrected chi connectivity index (χ4v) is 6.12. The van der Waals surface area contributed by atoms with E-state index in [1.54, 1.807) is 17.6 Å². The zero-order chi connectivity index (χ0) is 21.0. The smallest absolute Gasteiger partial charge is 0.141 e. The molecule has 0 N–H and O–H groups in total. The highest BCUT2D eigenvalue weighted by molar-refractivity contribution is 7.19. The maximum absolute atomic E-state index is 5.28. The summed E-state index contributed by atoms with van der Waals surface area (Å²) >= 11 is 1.92. The average Bonchev–Trinajstić information content (AvgIpc) is 2.99. The molecule has 5 rings (SSSR count). The van der Waals surface area contributed by atoms with Gasteiger partial charge < -0.3 is 9.64 Å². The Morgan fingerprint density at radius 3 is 2.58 bits per heavy atom. The van der Waals surface area contributed by atoms with Crippen LogP contribution in [0.5, 0.6) is 0 Å². The minimum absolute atomic E-state index is 0.792. The fourth-order valence-electron chi connectivity index (χ4n) is 4.85. The molecule has 1 aromatic carbocycles. The Hall–Kier alpha value is -2.02. The van der Waals surface area contributed by atoms with E-state index in [-0.39, 0.29) is 0 Å². The van der Waals surface area contributed by atoms with Gasteiger partial charge in [0.05, 0.1) is 12.0 Å². The highest BCUT2D eigenvalue weighted by Crippen LogP contribution is 2.39. The van der Waals surface area contributed by atoms with E-state index in [0.717, 1.165) is 51.6 Å². The normalized spacial score (nSPS) is 17.6. The first-order chi connectivity index (χ1) is 15.3. The van der Waals surface area contributed by atoms with E-state index in [4.69, 9.17) is 14.7 Å². The lowest BCUT2D eigenvalue weighted by atomic mass is 10.1. The number of aryl methyl sites for hydroxylation is 2. The van der Waals surface area contributed by atoms with E-state index in [2.05, 4.69) is 40.1 Å². The van der Waals surface area contributed by atoms with Crippen LogP contribution in [0.15, 0.2) is 30.3 Å². The first kappa shape index (κ1) is 20.9. The molecule has 0 atom stereocenters. The van der Waals surface area contributed by atoms with Gasteiger partial charge in [-0.3, -0.25) is 4.90 Å². The largest absolute Gasteiger partial charge is 0.383 e. The van der Waals surface area contributed by atoms with Gasteiger partial charge in [-0.15, -0.1) is 11.3 Å². The quantitative estimate of drug-likeness (QED) is 0.539. The summed E-state index contributed by atoms with van der Waals surface area (Å²) in [6.07, 6.45) is 7.10. The van der Waals surface area contributed by atoms with Gasteiger partial charge in [0.25, 0.3) is 0 Å². The Labute approximate surface area is 189 Å². The molecule has 5 nitrogen and oxygen atoms in total. The van der Waals surface area contributed by atoms with E-state index in [1.807, 2.05) is 11.3 Å². The topological polar surface area (TPSA) is 41.5 Å². The summed E-state index contributed by atoms with van der Waals surface area (Å²) in [5.41, 5.74) is 2.82. The van der Waals surface area contributed by atoms with Gasteiger partial charge in [0.1, 0.15) is 16.5 Å². The highest BCUT2D eigenvalue weighted by atomic mass is 32.1. The monoisotopic (exact) mass is 436 g/mol. The number of rotatable bonds is 6. The number of piperazine rings is 1. The Kier molecular flexibility index (Phi) is 6.48. The minimum Gasteiger partial charge on any atom is -0.383 e. The zero-order valence-electron chi connectivity index (χ0n) is 18.5. The third-order valence-corrected chi connectivity index (χ3v) is 7.77. The minimum atomic E-state index is 0.792.